The average Bonchev–Trinajstić information content (AvgIpc) is 3.43. The van der Waals surface area contributed by atoms with Crippen molar-refractivity contribution < 1.29 is 36.0 Å². The van der Waals surface area contributed by atoms with Crippen LogP contribution < -0.4 is 9.80 Å². The van der Waals surface area contributed by atoms with Crippen molar-refractivity contribution in [1.29, 1.82) is 5.26 Å². The Morgan fingerprint density at radius 2 is 1.83 bits per heavy atom. The van der Waals surface area contributed by atoms with E-state index in [-0.39, 0.29) is 84.9 Å². The molecule has 252 valence electrons. The van der Waals surface area contributed by atoms with Crippen molar-refractivity contribution in [2.24, 2.45) is 5.92 Å². The maximum atomic E-state index is 15.2. The minimum Gasteiger partial charge on any atom is -0.297 e. The molecule has 0 N–H and O–H groups in total. The molecular formula is C34H32ClF3N4O5S. The second kappa shape index (κ2) is 14.1. The summed E-state index contributed by atoms with van der Waals surface area (Å²) in [6.45, 7) is 0. The van der Waals surface area contributed by atoms with Crippen molar-refractivity contribution in [1.82, 2.24) is 4.98 Å². The number of carbonyl (C=O) groups is 3. The molecule has 14 heteroatoms. The maximum Gasteiger partial charge on any atom is 0.251 e. The Morgan fingerprint density at radius 3 is 2.50 bits per heavy atom. The molecule has 2 heterocycles. The first-order valence-electron chi connectivity index (χ1n) is 15.4. The van der Waals surface area contributed by atoms with Gasteiger partial charge in [0.05, 0.1) is 16.5 Å². The minimum absolute atomic E-state index is 0.0145. The van der Waals surface area contributed by atoms with E-state index < -0.39 is 56.2 Å². The fourth-order valence-corrected chi connectivity index (χ4v) is 7.22. The summed E-state index contributed by atoms with van der Waals surface area (Å²) in [7, 11) is -4.00. The Labute approximate surface area is 281 Å². The molecule has 1 aliphatic heterocycles. The van der Waals surface area contributed by atoms with Gasteiger partial charge in [-0.3, -0.25) is 24.2 Å². The van der Waals surface area contributed by atoms with Crippen LogP contribution in [0.25, 0.3) is 0 Å². The highest BCUT2D eigenvalue weighted by Gasteiger charge is 2.45. The van der Waals surface area contributed by atoms with E-state index in [9.17, 15) is 36.8 Å². The number of sulfone groups is 1. The molecule has 0 spiro atoms. The monoisotopic (exact) mass is 700 g/mol. The van der Waals surface area contributed by atoms with Crippen molar-refractivity contribution in [3.05, 3.63) is 82.8 Å². The molecule has 3 aromatic rings. The van der Waals surface area contributed by atoms with E-state index in [0.29, 0.717) is 0 Å². The van der Waals surface area contributed by atoms with Gasteiger partial charge < -0.3 is 0 Å². The van der Waals surface area contributed by atoms with Crippen LogP contribution in [0.1, 0.15) is 68.5 Å². The van der Waals surface area contributed by atoms with Gasteiger partial charge in [-0.15, -0.1) is 0 Å². The van der Waals surface area contributed by atoms with Gasteiger partial charge in [-0.1, -0.05) is 29.8 Å². The number of anilines is 2. The number of nitrogens with zero attached hydrogens (tertiary/aromatic N) is 4. The molecule has 2 amide bonds. The van der Waals surface area contributed by atoms with E-state index in [1.165, 1.54) is 30.5 Å². The molecule has 48 heavy (non-hydrogen) atoms. The maximum absolute atomic E-state index is 15.2. The van der Waals surface area contributed by atoms with Crippen LogP contribution in [0, 0.1) is 23.1 Å². The first-order valence-corrected chi connectivity index (χ1v) is 17.6. The molecule has 1 aromatic heterocycles. The number of hydrogen-bond donors (Lipinski definition) is 0. The van der Waals surface area contributed by atoms with Gasteiger partial charge in [0.1, 0.15) is 23.7 Å². The second-order valence-electron chi connectivity index (χ2n) is 12.2. The van der Waals surface area contributed by atoms with Crippen LogP contribution in [0.5, 0.6) is 0 Å². The molecule has 0 bridgehead atoms. The van der Waals surface area contributed by atoms with Crippen LogP contribution in [-0.2, 0) is 24.2 Å². The predicted octanol–water partition coefficient (Wildman–Crippen LogP) is 6.59. The number of Topliss-reactive ketones (excluding diaryl/α,β-unsaturated/α-hetero) is 1. The third kappa shape index (κ3) is 7.71. The zero-order valence-corrected chi connectivity index (χ0v) is 27.5. The lowest BCUT2D eigenvalue weighted by Gasteiger charge is -2.36. The molecule has 2 aromatic carbocycles. The molecule has 1 saturated heterocycles. The largest absolute Gasteiger partial charge is 0.297 e. The quantitative estimate of drug-likeness (QED) is 0.233. The topological polar surface area (TPSA) is 129 Å². The molecule has 9 nitrogen and oxygen atoms in total. The van der Waals surface area contributed by atoms with Gasteiger partial charge in [0, 0.05) is 54.4 Å². The van der Waals surface area contributed by atoms with Gasteiger partial charge in [-0.05, 0) is 68.0 Å². The van der Waals surface area contributed by atoms with E-state index in [4.69, 9.17) is 11.6 Å². The lowest BCUT2D eigenvalue weighted by molar-refractivity contribution is -0.126. The normalized spacial score (nSPS) is 18.7. The van der Waals surface area contributed by atoms with Crippen LogP contribution in [0.2, 0.25) is 5.02 Å². The molecule has 1 aliphatic carbocycles. The van der Waals surface area contributed by atoms with E-state index in [0.717, 1.165) is 34.3 Å². The molecule has 0 radical (unpaired) electrons. The number of alkyl halides is 2. The number of hydrogen-bond acceptors (Lipinski definition) is 7. The Bertz CT molecular complexity index is 1890. The highest BCUT2D eigenvalue weighted by molar-refractivity contribution is 7.90. The number of benzene rings is 2. The molecule has 2 fully saturated rings. The molecular weight excluding hydrogens is 669 g/mol. The van der Waals surface area contributed by atoms with E-state index in [1.54, 1.807) is 12.1 Å². The Morgan fingerprint density at radius 1 is 1.12 bits per heavy atom. The SMILES string of the molecule is CS(=O)(=O)c1cc(F)cc(N(C(=O)[C@@H]2CCC(=O)N2c2cc(C#N)ccn2)C(C(=O)CCC2CCC(F)(F)CC2)c2ccccc2Cl)c1. The number of pyridine rings is 1. The molecule has 5 rings (SSSR count). The van der Waals surface area contributed by atoms with Gasteiger partial charge in [0.15, 0.2) is 15.6 Å². The Hall–Kier alpha value is -4.28. The summed E-state index contributed by atoms with van der Waals surface area (Å²) in [4.78, 5) is 48.1. The molecule has 2 aliphatic rings. The van der Waals surface area contributed by atoms with Crippen molar-refractivity contribution in [2.75, 3.05) is 16.1 Å². The Balaban J connectivity index is 1.63. The number of ketones is 1. The van der Waals surface area contributed by atoms with Gasteiger partial charge in [0.25, 0.3) is 5.91 Å². The van der Waals surface area contributed by atoms with Gasteiger partial charge in [0.2, 0.25) is 11.8 Å². The second-order valence-corrected chi connectivity index (χ2v) is 14.6. The first-order chi connectivity index (χ1) is 22.7. The third-order valence-electron chi connectivity index (χ3n) is 8.82. The molecule has 1 unspecified atom stereocenters. The van der Waals surface area contributed by atoms with Crippen LogP contribution in [0.3, 0.4) is 0 Å². The van der Waals surface area contributed by atoms with Crippen LogP contribution >= 0.6 is 11.6 Å². The standard InChI is InChI=1S/C34H32ClF3N4O5S/c1-48(46,47)25-18-23(36)17-24(19-25)41(33(45)28-7-9-31(44)42(28)30-16-22(20-39)12-15-40-30)32(26-4-2-3-5-27(26)35)29(43)8-6-21-10-13-34(37,38)14-11-21/h2-5,12,15-19,21,28,32H,6-11,13-14H2,1H3/t28-,32?/m0/s1. The van der Waals surface area contributed by atoms with Gasteiger partial charge >= 0.3 is 0 Å². The summed E-state index contributed by atoms with van der Waals surface area (Å²) in [5, 5.41) is 9.52. The molecule has 2 atom stereocenters. The smallest absolute Gasteiger partial charge is 0.251 e. The first kappa shape index (κ1) is 35.0. The third-order valence-corrected chi connectivity index (χ3v) is 10.3. The zero-order chi connectivity index (χ0) is 34.8. The number of halogens is 4. The van der Waals surface area contributed by atoms with Gasteiger partial charge in [-0.2, -0.15) is 5.26 Å². The van der Waals surface area contributed by atoms with Crippen LogP contribution in [0.15, 0.2) is 65.7 Å². The zero-order valence-electron chi connectivity index (χ0n) is 25.9. The molecule has 1 saturated carbocycles. The minimum atomic E-state index is -4.00. The van der Waals surface area contributed by atoms with Crippen LogP contribution in [0.4, 0.5) is 24.7 Å². The predicted molar refractivity (Wildman–Crippen MR) is 172 cm³/mol. The van der Waals surface area contributed by atoms with Crippen molar-refractivity contribution in [3.63, 3.8) is 0 Å². The summed E-state index contributed by atoms with van der Waals surface area (Å²) in [5.41, 5.74) is 0.0719. The highest BCUT2D eigenvalue weighted by atomic mass is 35.5. The van der Waals surface area contributed by atoms with Crippen molar-refractivity contribution >= 4 is 50.5 Å². The van der Waals surface area contributed by atoms with E-state index in [1.807, 2.05) is 6.07 Å². The lowest BCUT2D eigenvalue weighted by Crippen LogP contribution is -2.50. The van der Waals surface area contributed by atoms with E-state index in [2.05, 4.69) is 4.98 Å². The fraction of sp³-hybridized carbons (Fsp3) is 0.382. The summed E-state index contributed by atoms with van der Waals surface area (Å²) in [6, 6.07) is 10.9. The fourth-order valence-electron chi connectivity index (χ4n) is 6.31. The highest BCUT2D eigenvalue weighted by Crippen LogP contribution is 2.41. The van der Waals surface area contributed by atoms with Crippen molar-refractivity contribution in [2.45, 2.75) is 74.3 Å². The van der Waals surface area contributed by atoms with Crippen LogP contribution in [-0.4, -0.2) is 49.2 Å². The number of carbonyl (C=O) groups excluding carboxylic acids is 3. The number of amides is 2. The summed E-state index contributed by atoms with van der Waals surface area (Å²) in [6.07, 6.45) is 2.00. The summed E-state index contributed by atoms with van der Waals surface area (Å²) >= 11 is 6.61. The Kier molecular flexibility index (Phi) is 10.3. The van der Waals surface area contributed by atoms with Crippen molar-refractivity contribution in [3.8, 4) is 6.07 Å². The summed E-state index contributed by atoms with van der Waals surface area (Å²) in [5.74, 6) is -5.78. The lowest BCUT2D eigenvalue weighted by atomic mass is 9.82. The number of nitriles is 1. The number of rotatable bonds is 10. The van der Waals surface area contributed by atoms with E-state index >= 15 is 4.39 Å². The number of aromatic nitrogens is 1. The van der Waals surface area contributed by atoms with Gasteiger partial charge in [-0.25, -0.2) is 26.6 Å². The average molecular weight is 701 g/mol. The summed E-state index contributed by atoms with van der Waals surface area (Å²) < 4.78 is 68.0.